The first-order valence-corrected chi connectivity index (χ1v) is 8.02. The van der Waals surface area contributed by atoms with Crippen LogP contribution in [0.3, 0.4) is 0 Å². The summed E-state index contributed by atoms with van der Waals surface area (Å²) in [6.07, 6.45) is 1.59. The number of hydrogen-bond acceptors (Lipinski definition) is 6. The van der Waals surface area contributed by atoms with Gasteiger partial charge < -0.3 is 15.5 Å². The summed E-state index contributed by atoms with van der Waals surface area (Å²) in [7, 11) is 0. The zero-order valence-corrected chi connectivity index (χ0v) is 14.3. The van der Waals surface area contributed by atoms with E-state index < -0.39 is 5.54 Å². The van der Waals surface area contributed by atoms with E-state index in [1.165, 1.54) is 4.90 Å². The van der Waals surface area contributed by atoms with Crippen molar-refractivity contribution in [1.29, 1.82) is 0 Å². The van der Waals surface area contributed by atoms with Gasteiger partial charge in [0.15, 0.2) is 0 Å². The highest BCUT2D eigenvalue weighted by Crippen LogP contribution is 2.31. The molecule has 2 amide bonds. The SMILES string of the molecule is CC(CO)(CO)Nc1ncc2c(n1)NC(=O)N(c1ccccc1Cl)C2. The Morgan fingerprint density at radius 3 is 2.76 bits per heavy atom. The van der Waals surface area contributed by atoms with Crippen LogP contribution in [0.5, 0.6) is 0 Å². The number of carbonyl (C=O) groups excluding carboxylic acids is 1. The van der Waals surface area contributed by atoms with Crippen molar-refractivity contribution in [1.82, 2.24) is 9.97 Å². The van der Waals surface area contributed by atoms with Gasteiger partial charge in [-0.1, -0.05) is 23.7 Å². The molecule has 0 unspecified atom stereocenters. The molecule has 25 heavy (non-hydrogen) atoms. The Bertz CT molecular complexity index is 797. The predicted molar refractivity (Wildman–Crippen MR) is 94.9 cm³/mol. The third-order valence-corrected chi connectivity index (χ3v) is 4.24. The Balaban J connectivity index is 1.86. The van der Waals surface area contributed by atoms with Crippen LogP contribution in [0.2, 0.25) is 5.02 Å². The van der Waals surface area contributed by atoms with Crippen LogP contribution in [-0.4, -0.2) is 45.0 Å². The highest BCUT2D eigenvalue weighted by atomic mass is 35.5. The molecule has 0 spiro atoms. The quantitative estimate of drug-likeness (QED) is 0.645. The fourth-order valence-corrected chi connectivity index (χ4v) is 2.60. The van der Waals surface area contributed by atoms with E-state index in [9.17, 15) is 15.0 Å². The number of halogens is 1. The van der Waals surface area contributed by atoms with Gasteiger partial charge in [0.2, 0.25) is 5.95 Å². The summed E-state index contributed by atoms with van der Waals surface area (Å²) in [5.41, 5.74) is 0.360. The summed E-state index contributed by atoms with van der Waals surface area (Å²) in [5.74, 6) is 0.583. The zero-order chi connectivity index (χ0) is 18.0. The minimum Gasteiger partial charge on any atom is -0.394 e. The van der Waals surface area contributed by atoms with Crippen LogP contribution in [-0.2, 0) is 6.54 Å². The fourth-order valence-electron chi connectivity index (χ4n) is 2.37. The molecule has 3 rings (SSSR count). The van der Waals surface area contributed by atoms with Crippen molar-refractivity contribution < 1.29 is 15.0 Å². The molecule has 0 saturated heterocycles. The maximum Gasteiger partial charge on any atom is 0.327 e. The summed E-state index contributed by atoms with van der Waals surface area (Å²) in [5, 5.41) is 24.7. The number of carbonyl (C=O) groups is 1. The molecule has 8 nitrogen and oxygen atoms in total. The molecule has 0 fully saturated rings. The lowest BCUT2D eigenvalue weighted by Gasteiger charge is -2.30. The van der Waals surface area contributed by atoms with Crippen LogP contribution in [0.15, 0.2) is 30.5 Å². The molecule has 0 bridgehead atoms. The number of urea groups is 1. The van der Waals surface area contributed by atoms with Crippen molar-refractivity contribution in [2.24, 2.45) is 0 Å². The predicted octanol–water partition coefficient (Wildman–Crippen LogP) is 1.84. The number of fused-ring (bicyclic) bond motifs is 1. The molecule has 2 aromatic rings. The number of nitrogens with zero attached hydrogens (tertiary/aromatic N) is 3. The van der Waals surface area contributed by atoms with E-state index in [1.54, 1.807) is 37.4 Å². The number of aromatic nitrogens is 2. The molecule has 2 heterocycles. The molecule has 0 aliphatic carbocycles. The van der Waals surface area contributed by atoms with Gasteiger partial charge in [-0.05, 0) is 19.1 Å². The maximum absolute atomic E-state index is 12.4. The van der Waals surface area contributed by atoms with Crippen LogP contribution in [0, 0.1) is 0 Å². The molecule has 0 atom stereocenters. The highest BCUT2D eigenvalue weighted by molar-refractivity contribution is 6.34. The van der Waals surface area contributed by atoms with Crippen LogP contribution in [0.4, 0.5) is 22.2 Å². The number of nitrogens with one attached hydrogen (secondary N) is 2. The van der Waals surface area contributed by atoms with E-state index in [1.807, 2.05) is 0 Å². The van der Waals surface area contributed by atoms with Crippen molar-refractivity contribution in [3.8, 4) is 0 Å². The maximum atomic E-state index is 12.4. The van der Waals surface area contributed by atoms with Gasteiger partial charge in [0.05, 0.1) is 36.0 Å². The number of benzene rings is 1. The first-order valence-electron chi connectivity index (χ1n) is 7.64. The summed E-state index contributed by atoms with van der Waals surface area (Å²) >= 11 is 6.17. The highest BCUT2D eigenvalue weighted by Gasteiger charge is 2.28. The van der Waals surface area contributed by atoms with Crippen molar-refractivity contribution in [3.63, 3.8) is 0 Å². The summed E-state index contributed by atoms with van der Waals surface area (Å²) in [6.45, 7) is 1.32. The van der Waals surface area contributed by atoms with Crippen LogP contribution < -0.4 is 15.5 Å². The molecule has 9 heteroatoms. The monoisotopic (exact) mass is 363 g/mol. The summed E-state index contributed by atoms with van der Waals surface area (Å²) in [6, 6.07) is 6.73. The van der Waals surface area contributed by atoms with Crippen molar-refractivity contribution in [3.05, 3.63) is 41.0 Å². The van der Waals surface area contributed by atoms with Crippen LogP contribution in [0.25, 0.3) is 0 Å². The third-order valence-electron chi connectivity index (χ3n) is 3.92. The number of aliphatic hydroxyl groups excluding tert-OH is 2. The second kappa shape index (κ2) is 6.83. The molecule has 1 aromatic carbocycles. The molecule has 0 radical (unpaired) electrons. The zero-order valence-electron chi connectivity index (χ0n) is 13.5. The van der Waals surface area contributed by atoms with Gasteiger partial charge >= 0.3 is 6.03 Å². The smallest absolute Gasteiger partial charge is 0.327 e. The van der Waals surface area contributed by atoms with E-state index >= 15 is 0 Å². The number of hydrogen-bond donors (Lipinski definition) is 4. The Kier molecular flexibility index (Phi) is 4.76. The standard InChI is InChI=1S/C16H18ClN5O3/c1-16(8-23,9-24)21-14-18-6-10-7-22(15(25)20-13(10)19-14)12-5-3-2-4-11(12)17/h2-6,23-24H,7-9H2,1H3,(H2,18,19,20,21,25). The third kappa shape index (κ3) is 3.51. The average Bonchev–Trinajstić information content (AvgIpc) is 2.61. The number of rotatable bonds is 5. The van der Waals surface area contributed by atoms with Gasteiger partial charge in [0.1, 0.15) is 5.82 Å². The number of aliphatic hydroxyl groups is 2. The van der Waals surface area contributed by atoms with E-state index in [2.05, 4.69) is 20.6 Å². The van der Waals surface area contributed by atoms with Crippen LogP contribution >= 0.6 is 11.6 Å². The Hall–Kier alpha value is -2.42. The average molecular weight is 364 g/mol. The Morgan fingerprint density at radius 1 is 1.36 bits per heavy atom. The molecular weight excluding hydrogens is 346 g/mol. The van der Waals surface area contributed by atoms with Gasteiger partial charge in [-0.3, -0.25) is 10.2 Å². The minimum absolute atomic E-state index is 0.204. The van der Waals surface area contributed by atoms with Gasteiger partial charge in [0, 0.05) is 11.8 Å². The molecule has 1 aliphatic rings. The number of para-hydroxylation sites is 1. The topological polar surface area (TPSA) is 111 Å². The fraction of sp³-hybridized carbons (Fsp3) is 0.312. The van der Waals surface area contributed by atoms with Crippen LogP contribution in [0.1, 0.15) is 12.5 Å². The second-order valence-corrected chi connectivity index (χ2v) is 6.44. The van der Waals surface area contributed by atoms with Gasteiger partial charge in [0.25, 0.3) is 0 Å². The van der Waals surface area contributed by atoms with E-state index in [-0.39, 0.29) is 31.7 Å². The Labute approximate surface area is 149 Å². The summed E-state index contributed by atoms with van der Waals surface area (Å²) < 4.78 is 0. The number of amides is 2. The lowest BCUT2D eigenvalue weighted by molar-refractivity contribution is 0.147. The number of anilines is 3. The van der Waals surface area contributed by atoms with Gasteiger partial charge in [-0.25, -0.2) is 9.78 Å². The minimum atomic E-state index is -0.962. The van der Waals surface area contributed by atoms with Gasteiger partial charge in [-0.2, -0.15) is 4.98 Å². The normalized spacial score (nSPS) is 14.1. The van der Waals surface area contributed by atoms with E-state index in [0.717, 1.165) is 5.56 Å². The lowest BCUT2D eigenvalue weighted by atomic mass is 10.1. The van der Waals surface area contributed by atoms with Crippen molar-refractivity contribution >= 4 is 35.1 Å². The molecule has 1 aliphatic heterocycles. The largest absolute Gasteiger partial charge is 0.394 e. The van der Waals surface area contributed by atoms with E-state index in [4.69, 9.17) is 11.6 Å². The van der Waals surface area contributed by atoms with Crippen molar-refractivity contribution in [2.75, 3.05) is 28.7 Å². The lowest BCUT2D eigenvalue weighted by Crippen LogP contribution is -2.43. The van der Waals surface area contributed by atoms with E-state index in [0.29, 0.717) is 16.5 Å². The Morgan fingerprint density at radius 2 is 2.08 bits per heavy atom. The molecule has 4 N–H and O–H groups in total. The van der Waals surface area contributed by atoms with Crippen molar-refractivity contribution in [2.45, 2.75) is 19.0 Å². The summed E-state index contributed by atoms with van der Waals surface area (Å²) in [4.78, 5) is 22.4. The first kappa shape index (κ1) is 17.4. The molecular formula is C16H18ClN5O3. The van der Waals surface area contributed by atoms with Gasteiger partial charge in [-0.15, -0.1) is 0 Å². The second-order valence-electron chi connectivity index (χ2n) is 6.04. The molecule has 132 valence electrons. The molecule has 0 saturated carbocycles. The molecule has 1 aromatic heterocycles. The first-order chi connectivity index (χ1) is 12.0.